The molecule has 8 heavy (non-hydrogen) atoms. The first-order valence-electron chi connectivity index (χ1n) is 2.71. The maximum absolute atomic E-state index is 4.10. The molecule has 0 spiro atoms. The molecule has 2 nitrogen and oxygen atoms in total. The third-order valence-corrected chi connectivity index (χ3v) is 0.862. The second-order valence-electron chi connectivity index (χ2n) is 2.05. The van der Waals surface area contributed by atoms with E-state index >= 15 is 0 Å². The van der Waals surface area contributed by atoms with E-state index in [0.717, 1.165) is 12.1 Å². The molecule has 1 aliphatic rings. The predicted octanol–water partition coefficient (Wildman–Crippen LogP) is 0.563. The quantitative estimate of drug-likeness (QED) is 0.409. The summed E-state index contributed by atoms with van der Waals surface area (Å²) < 4.78 is 0. The highest BCUT2D eigenvalue weighted by atomic mass is 15.2. The van der Waals surface area contributed by atoms with Gasteiger partial charge in [-0.05, 0) is 12.5 Å². The molecule has 44 valence electrons. The number of nitrogens with zero attached hydrogens (tertiary/aromatic N) is 1. The smallest absolute Gasteiger partial charge is 0.112 e. The molecule has 0 aromatic carbocycles. The molecule has 1 saturated heterocycles. The number of nitrogens with one attached hydrogen (secondary N) is 1. The van der Waals surface area contributed by atoms with E-state index in [0.29, 0.717) is 6.17 Å². The van der Waals surface area contributed by atoms with Crippen molar-refractivity contribution in [1.29, 1.82) is 0 Å². The topological polar surface area (TPSA) is 34.3 Å². The zero-order chi connectivity index (χ0) is 5.98. The lowest BCUT2D eigenvalue weighted by molar-refractivity contribution is 1.03. The zero-order valence-corrected chi connectivity index (χ0v) is 5.02. The summed E-state index contributed by atoms with van der Waals surface area (Å²) in [5, 5.41) is 3.05. The van der Waals surface area contributed by atoms with E-state index in [1.165, 1.54) is 0 Å². The van der Waals surface area contributed by atoms with Gasteiger partial charge in [0.2, 0.25) is 0 Å². The van der Waals surface area contributed by atoms with E-state index in [9.17, 15) is 0 Å². The highest BCUT2D eigenvalue weighted by Gasteiger charge is 2.16. The standard InChI is InChI=1S/C6H10N2/c1-5(2)3-7-6-4-8-6/h3,6,8H,1,4H2,2H3. The molecular formula is C6H10N2. The molecule has 1 rings (SSSR count). The Hall–Kier alpha value is -0.630. The van der Waals surface area contributed by atoms with Gasteiger partial charge in [-0.2, -0.15) is 0 Å². The van der Waals surface area contributed by atoms with Crippen LogP contribution in [0.1, 0.15) is 6.92 Å². The third kappa shape index (κ3) is 1.89. The van der Waals surface area contributed by atoms with Gasteiger partial charge in [0, 0.05) is 12.8 Å². The van der Waals surface area contributed by atoms with Crippen molar-refractivity contribution >= 4 is 6.21 Å². The van der Waals surface area contributed by atoms with Crippen molar-refractivity contribution in [2.75, 3.05) is 6.54 Å². The second kappa shape index (κ2) is 2.09. The molecule has 1 fully saturated rings. The molecule has 0 bridgehead atoms. The van der Waals surface area contributed by atoms with Gasteiger partial charge in [0.05, 0.1) is 0 Å². The van der Waals surface area contributed by atoms with Crippen LogP contribution in [0.3, 0.4) is 0 Å². The van der Waals surface area contributed by atoms with Gasteiger partial charge in [-0.1, -0.05) is 6.58 Å². The van der Waals surface area contributed by atoms with Gasteiger partial charge in [0.15, 0.2) is 0 Å². The first-order valence-corrected chi connectivity index (χ1v) is 2.71. The average molecular weight is 110 g/mol. The molecule has 0 aliphatic carbocycles. The van der Waals surface area contributed by atoms with Crippen molar-refractivity contribution in [3.05, 3.63) is 12.2 Å². The summed E-state index contributed by atoms with van der Waals surface area (Å²) in [6, 6.07) is 0. The third-order valence-electron chi connectivity index (χ3n) is 0.862. The minimum absolute atomic E-state index is 0.395. The van der Waals surface area contributed by atoms with Gasteiger partial charge in [-0.25, -0.2) is 0 Å². The molecule has 0 radical (unpaired) electrons. The summed E-state index contributed by atoms with van der Waals surface area (Å²) in [7, 11) is 0. The summed E-state index contributed by atoms with van der Waals surface area (Å²) in [5.74, 6) is 0. The maximum Gasteiger partial charge on any atom is 0.112 e. The molecule has 2 heteroatoms. The van der Waals surface area contributed by atoms with Gasteiger partial charge in [0.25, 0.3) is 0 Å². The van der Waals surface area contributed by atoms with Gasteiger partial charge >= 0.3 is 0 Å². The second-order valence-corrected chi connectivity index (χ2v) is 2.05. The largest absolute Gasteiger partial charge is 0.291 e. The summed E-state index contributed by atoms with van der Waals surface area (Å²) in [6.45, 7) is 6.65. The Morgan fingerprint density at radius 2 is 2.62 bits per heavy atom. The lowest BCUT2D eigenvalue weighted by Gasteiger charge is -1.81. The van der Waals surface area contributed by atoms with Crippen molar-refractivity contribution in [2.24, 2.45) is 4.99 Å². The van der Waals surface area contributed by atoms with Crippen LogP contribution < -0.4 is 5.32 Å². The van der Waals surface area contributed by atoms with Crippen LogP contribution in [0, 0.1) is 0 Å². The summed E-state index contributed by atoms with van der Waals surface area (Å²) in [5.41, 5.74) is 1.01. The predicted molar refractivity (Wildman–Crippen MR) is 35.1 cm³/mol. The Bertz CT molecular complexity index is 122. The van der Waals surface area contributed by atoms with Gasteiger partial charge < -0.3 is 0 Å². The summed E-state index contributed by atoms with van der Waals surface area (Å²) in [4.78, 5) is 4.10. The van der Waals surface area contributed by atoms with E-state index in [1.807, 2.05) is 6.92 Å². The lowest BCUT2D eigenvalue weighted by Crippen LogP contribution is -1.84. The summed E-state index contributed by atoms with van der Waals surface area (Å²) in [6.07, 6.45) is 2.19. The number of rotatable bonds is 2. The molecule has 0 amide bonds. The lowest BCUT2D eigenvalue weighted by atomic mass is 10.4. The Balaban J connectivity index is 2.23. The van der Waals surface area contributed by atoms with Crippen molar-refractivity contribution in [2.45, 2.75) is 13.1 Å². The van der Waals surface area contributed by atoms with Crippen LogP contribution in [-0.2, 0) is 0 Å². The highest BCUT2D eigenvalue weighted by Crippen LogP contribution is 1.96. The van der Waals surface area contributed by atoms with E-state index < -0.39 is 0 Å². The number of hydrogen-bond acceptors (Lipinski definition) is 2. The van der Waals surface area contributed by atoms with E-state index in [1.54, 1.807) is 6.21 Å². The van der Waals surface area contributed by atoms with Crippen LogP contribution in [0.25, 0.3) is 0 Å². The molecule has 0 saturated carbocycles. The minimum Gasteiger partial charge on any atom is -0.291 e. The van der Waals surface area contributed by atoms with E-state index in [2.05, 4.69) is 16.9 Å². The molecule has 0 aromatic rings. The number of allylic oxidation sites excluding steroid dienone is 1. The molecule has 1 atom stereocenters. The fourth-order valence-electron chi connectivity index (χ4n) is 0.375. The molecule has 1 heterocycles. The van der Waals surface area contributed by atoms with E-state index in [4.69, 9.17) is 0 Å². The Morgan fingerprint density at radius 3 is 3.00 bits per heavy atom. The normalized spacial score (nSPS) is 26.4. The Labute approximate surface area is 49.3 Å². The monoisotopic (exact) mass is 110 g/mol. The molecule has 1 N–H and O–H groups in total. The Kier molecular flexibility index (Phi) is 1.44. The first-order chi connectivity index (χ1) is 3.79. The average Bonchev–Trinajstić information content (AvgIpc) is 2.41. The van der Waals surface area contributed by atoms with Crippen molar-refractivity contribution < 1.29 is 0 Å². The van der Waals surface area contributed by atoms with Crippen molar-refractivity contribution in [3.8, 4) is 0 Å². The SMILES string of the molecule is C=C(C)C=NC1CN1. The van der Waals surface area contributed by atoms with Crippen LogP contribution in [0.4, 0.5) is 0 Å². The fraction of sp³-hybridized carbons (Fsp3) is 0.500. The number of hydrogen-bond donors (Lipinski definition) is 1. The van der Waals surface area contributed by atoms with E-state index in [-0.39, 0.29) is 0 Å². The zero-order valence-electron chi connectivity index (χ0n) is 5.02. The number of aliphatic imine (C=N–C) groups is 1. The van der Waals surface area contributed by atoms with Crippen LogP contribution in [0.5, 0.6) is 0 Å². The molecule has 1 aliphatic heterocycles. The van der Waals surface area contributed by atoms with Crippen LogP contribution in [0.2, 0.25) is 0 Å². The van der Waals surface area contributed by atoms with Gasteiger partial charge in [0.1, 0.15) is 6.17 Å². The van der Waals surface area contributed by atoms with Crippen LogP contribution in [-0.4, -0.2) is 18.9 Å². The maximum atomic E-state index is 4.10. The molecule has 1 unspecified atom stereocenters. The fourth-order valence-corrected chi connectivity index (χ4v) is 0.375. The highest BCUT2D eigenvalue weighted by molar-refractivity contribution is 5.76. The van der Waals surface area contributed by atoms with Crippen molar-refractivity contribution in [1.82, 2.24) is 5.32 Å². The molecular weight excluding hydrogens is 100 g/mol. The van der Waals surface area contributed by atoms with Crippen LogP contribution >= 0.6 is 0 Å². The Morgan fingerprint density at radius 1 is 2.00 bits per heavy atom. The van der Waals surface area contributed by atoms with Gasteiger partial charge in [-0.3, -0.25) is 10.3 Å². The molecule has 0 aromatic heterocycles. The van der Waals surface area contributed by atoms with Crippen molar-refractivity contribution in [3.63, 3.8) is 0 Å². The minimum atomic E-state index is 0.395. The van der Waals surface area contributed by atoms with Gasteiger partial charge in [-0.15, -0.1) is 0 Å². The first kappa shape index (κ1) is 5.51. The van der Waals surface area contributed by atoms with Crippen LogP contribution in [0.15, 0.2) is 17.1 Å². The summed E-state index contributed by atoms with van der Waals surface area (Å²) >= 11 is 0.